The van der Waals surface area contributed by atoms with E-state index in [0.717, 1.165) is 48.3 Å². The maximum atomic E-state index is 14.0. The number of Topliss-reactive ketones (excluding diaryl/α,β-unsaturated/α-hetero) is 2. The van der Waals surface area contributed by atoms with Crippen molar-refractivity contribution in [2.24, 2.45) is 11.8 Å². The molecule has 18 nitrogen and oxygen atoms in total. The van der Waals surface area contributed by atoms with Crippen molar-refractivity contribution in [3.63, 3.8) is 0 Å². The van der Waals surface area contributed by atoms with Crippen LogP contribution < -0.4 is 15.5 Å². The van der Waals surface area contributed by atoms with Crippen molar-refractivity contribution in [3.05, 3.63) is 77.4 Å². The van der Waals surface area contributed by atoms with E-state index in [1.807, 2.05) is 12.1 Å². The minimum absolute atomic E-state index is 0.170. The summed E-state index contributed by atoms with van der Waals surface area (Å²) in [6.45, 7) is 0.859. The van der Waals surface area contributed by atoms with Gasteiger partial charge in [-0.1, -0.05) is 42.5 Å². The molecule has 4 amide bonds. The van der Waals surface area contributed by atoms with Crippen LogP contribution in [0, 0.1) is 11.8 Å². The first-order valence-electron chi connectivity index (χ1n) is 19.3. The Kier molecular flexibility index (Phi) is 14.4. The van der Waals surface area contributed by atoms with Crippen molar-refractivity contribution in [3.8, 4) is 0 Å². The van der Waals surface area contributed by atoms with Crippen molar-refractivity contribution >= 4 is 75.5 Å². The van der Waals surface area contributed by atoms with Gasteiger partial charge in [-0.05, 0) is 49.4 Å². The largest absolute Gasteiger partial charge is 0.481 e. The minimum atomic E-state index is -1.91. The molecule has 0 unspecified atom stereocenters. The van der Waals surface area contributed by atoms with Gasteiger partial charge >= 0.3 is 23.9 Å². The topological polar surface area (TPSA) is 282 Å². The van der Waals surface area contributed by atoms with E-state index in [-0.39, 0.29) is 17.5 Å². The van der Waals surface area contributed by atoms with Crippen LogP contribution in [0.1, 0.15) is 77.6 Å². The molecular weight excluding hydrogens is 784 g/mol. The Morgan fingerprint density at radius 3 is 1.80 bits per heavy atom. The molecule has 3 aromatic carbocycles. The maximum absolute atomic E-state index is 14.0. The molecule has 5 rings (SSSR count). The summed E-state index contributed by atoms with van der Waals surface area (Å²) in [4.78, 5) is 131. The number of carboxylic acid groups (broad SMARTS) is 4. The first-order valence-corrected chi connectivity index (χ1v) is 19.3. The van der Waals surface area contributed by atoms with Crippen LogP contribution >= 0.6 is 0 Å². The molecule has 0 radical (unpaired) electrons. The molecular formula is C42H44N4O14. The molecule has 6 N–H and O–H groups in total. The monoisotopic (exact) mass is 828 g/mol. The summed E-state index contributed by atoms with van der Waals surface area (Å²) in [6.07, 6.45) is -1.92. The summed E-state index contributed by atoms with van der Waals surface area (Å²) < 4.78 is 0. The number of amides is 4. The number of carbonyl (C=O) groups is 10. The average molecular weight is 829 g/mol. The molecule has 1 saturated heterocycles. The van der Waals surface area contributed by atoms with Gasteiger partial charge < -0.3 is 36.0 Å². The first kappa shape index (κ1) is 44.1. The first-order chi connectivity index (χ1) is 28.5. The fourth-order valence-electron chi connectivity index (χ4n) is 7.57. The zero-order valence-electron chi connectivity index (χ0n) is 32.3. The summed E-state index contributed by atoms with van der Waals surface area (Å²) in [7, 11) is 0. The highest BCUT2D eigenvalue weighted by Gasteiger charge is 2.37. The third kappa shape index (κ3) is 10.9. The molecule has 2 aliphatic heterocycles. The summed E-state index contributed by atoms with van der Waals surface area (Å²) in [6, 6.07) is 13.5. The van der Waals surface area contributed by atoms with Crippen molar-refractivity contribution in [2.75, 3.05) is 24.5 Å². The molecule has 4 atom stereocenters. The number of piperidine rings is 1. The number of hydrogen-bond donors (Lipinski definition) is 6. The third-order valence-corrected chi connectivity index (χ3v) is 10.5. The van der Waals surface area contributed by atoms with Crippen LogP contribution in [0.3, 0.4) is 0 Å². The Balaban J connectivity index is 1.35. The van der Waals surface area contributed by atoms with E-state index in [1.165, 1.54) is 0 Å². The number of imide groups is 1. The lowest BCUT2D eigenvalue weighted by Crippen LogP contribution is -2.51. The number of hydrogen-bond acceptors (Lipinski definition) is 11. The van der Waals surface area contributed by atoms with Crippen LogP contribution in [0.5, 0.6) is 0 Å². The smallest absolute Gasteiger partial charge is 0.307 e. The van der Waals surface area contributed by atoms with Crippen LogP contribution in [0.25, 0.3) is 10.8 Å². The standard InChI is InChI=1S/C42H44N4O14/c47-32(17-24(19-35(50)51)39(56)44-30(21-37(54)55)33(48)18-25(42(59)60)20-36(52)53)29(16-23-8-3-1-4-9-23)43-34(49)22-46-40(57)27-11-7-10-26-31(45-14-5-2-6-15-45)13-12-28(38(26)27)41(46)58/h1,3-4,7-13,24-25,29-30H,2,5-6,14-22H2,(H,43,49)(H,44,56)(H,50,51)(H,52,53)(H,54,55)(H,59,60)/t24-,25-,29-,30-/m0/s1. The van der Waals surface area contributed by atoms with Gasteiger partial charge in [0.15, 0.2) is 11.6 Å². The molecule has 0 aromatic heterocycles. The molecule has 0 aliphatic carbocycles. The van der Waals surface area contributed by atoms with Crippen LogP contribution in [0.4, 0.5) is 5.69 Å². The van der Waals surface area contributed by atoms with E-state index in [2.05, 4.69) is 15.5 Å². The number of ketones is 2. The quantitative estimate of drug-likeness (QED) is 0.0841. The Hall–Kier alpha value is -6.98. The summed E-state index contributed by atoms with van der Waals surface area (Å²) in [5, 5.41) is 43.3. The number of carboxylic acids is 4. The highest BCUT2D eigenvalue weighted by molar-refractivity contribution is 6.27. The predicted octanol–water partition coefficient (Wildman–Crippen LogP) is 2.30. The number of anilines is 1. The second-order valence-electron chi connectivity index (χ2n) is 14.8. The molecule has 0 bridgehead atoms. The van der Waals surface area contributed by atoms with E-state index in [9.17, 15) is 63.3 Å². The highest BCUT2D eigenvalue weighted by atomic mass is 16.4. The molecule has 2 heterocycles. The van der Waals surface area contributed by atoms with Gasteiger partial charge in [-0.15, -0.1) is 0 Å². The van der Waals surface area contributed by atoms with Gasteiger partial charge in [-0.2, -0.15) is 0 Å². The molecule has 316 valence electrons. The molecule has 60 heavy (non-hydrogen) atoms. The Labute approximate surface area is 342 Å². The molecule has 0 spiro atoms. The average Bonchev–Trinajstić information content (AvgIpc) is 3.20. The second kappa shape index (κ2) is 19.6. The second-order valence-corrected chi connectivity index (χ2v) is 14.8. The lowest BCUT2D eigenvalue weighted by atomic mass is 9.90. The molecule has 18 heteroatoms. The number of nitrogens with one attached hydrogen (secondary N) is 2. The zero-order valence-corrected chi connectivity index (χ0v) is 32.3. The van der Waals surface area contributed by atoms with Gasteiger partial charge in [-0.25, -0.2) is 0 Å². The zero-order chi connectivity index (χ0) is 43.7. The van der Waals surface area contributed by atoms with E-state index < -0.39 is 122 Å². The van der Waals surface area contributed by atoms with Crippen LogP contribution in [0.15, 0.2) is 60.7 Å². The molecule has 3 aromatic rings. The van der Waals surface area contributed by atoms with E-state index in [0.29, 0.717) is 10.9 Å². The van der Waals surface area contributed by atoms with Gasteiger partial charge in [0.1, 0.15) is 6.54 Å². The number of nitrogens with zero attached hydrogens (tertiary/aromatic N) is 2. The number of benzene rings is 3. The van der Waals surface area contributed by atoms with E-state index >= 15 is 0 Å². The Morgan fingerprint density at radius 1 is 0.600 bits per heavy atom. The molecule has 1 fully saturated rings. The van der Waals surface area contributed by atoms with Crippen molar-refractivity contribution < 1.29 is 68.4 Å². The molecule has 0 saturated carbocycles. The maximum Gasteiger partial charge on any atom is 0.307 e. The Bertz CT molecular complexity index is 2200. The summed E-state index contributed by atoms with van der Waals surface area (Å²) in [5.74, 6) is -15.5. The minimum Gasteiger partial charge on any atom is -0.481 e. The van der Waals surface area contributed by atoms with Gasteiger partial charge in [0.25, 0.3) is 11.8 Å². The molecule has 2 aliphatic rings. The highest BCUT2D eigenvalue weighted by Crippen LogP contribution is 2.37. The van der Waals surface area contributed by atoms with Crippen molar-refractivity contribution in [1.29, 1.82) is 0 Å². The third-order valence-electron chi connectivity index (χ3n) is 10.5. The normalized spacial score (nSPS) is 15.7. The number of carbonyl (C=O) groups excluding carboxylic acids is 6. The summed E-state index contributed by atoms with van der Waals surface area (Å²) in [5.41, 5.74) is 1.86. The fourth-order valence-corrected chi connectivity index (χ4v) is 7.57. The van der Waals surface area contributed by atoms with Gasteiger partial charge in [0.05, 0.1) is 43.2 Å². The SMILES string of the molecule is O=C(O)C[C@H](CC(=O)[C@H](CC(=O)O)NC(=O)[C@H](CC(=O)O)CC(=O)[C@H](Cc1ccccc1)NC(=O)CN1C(=O)c2cccc3c(N4CCCCC4)ccc(c23)C1=O)C(=O)O. The van der Waals surface area contributed by atoms with Crippen molar-refractivity contribution in [2.45, 2.75) is 69.9 Å². The van der Waals surface area contributed by atoms with Crippen LogP contribution in [-0.4, -0.2) is 116 Å². The van der Waals surface area contributed by atoms with E-state index in [1.54, 1.807) is 48.5 Å². The lowest BCUT2D eigenvalue weighted by molar-refractivity contribution is -0.150. The summed E-state index contributed by atoms with van der Waals surface area (Å²) >= 11 is 0. The number of aliphatic carboxylic acids is 4. The lowest BCUT2D eigenvalue weighted by Gasteiger charge is -2.32. The number of rotatable bonds is 21. The predicted molar refractivity (Wildman–Crippen MR) is 210 cm³/mol. The van der Waals surface area contributed by atoms with Gasteiger partial charge in [-0.3, -0.25) is 52.8 Å². The van der Waals surface area contributed by atoms with Gasteiger partial charge in [0.2, 0.25) is 11.8 Å². The fraction of sp³-hybridized carbons (Fsp3) is 0.381. The van der Waals surface area contributed by atoms with E-state index in [4.69, 9.17) is 5.11 Å². The van der Waals surface area contributed by atoms with Crippen LogP contribution in [0.2, 0.25) is 0 Å². The van der Waals surface area contributed by atoms with Gasteiger partial charge in [0, 0.05) is 53.5 Å². The van der Waals surface area contributed by atoms with Crippen LogP contribution in [-0.2, 0) is 44.8 Å². The Morgan fingerprint density at radius 2 is 1.18 bits per heavy atom. The van der Waals surface area contributed by atoms with Crippen molar-refractivity contribution in [1.82, 2.24) is 15.5 Å².